The van der Waals surface area contributed by atoms with Crippen LogP contribution in [0, 0.1) is 59.9 Å². The molecule has 6 N–H and O–H groups in total. The van der Waals surface area contributed by atoms with Crippen LogP contribution in [-0.4, -0.2) is 217 Å². The molecule has 9 rings (SSSR count). The number of ether oxygens (including phenoxy) is 8. The number of aliphatic hydroxyl groups excluding tert-OH is 2. The number of piperidine rings is 5. The van der Waals surface area contributed by atoms with Crippen molar-refractivity contribution in [2.24, 2.45) is 29.6 Å². The molecular weight excluding hydrogens is 1210 g/mol. The maximum absolute atomic E-state index is 10.7. The van der Waals surface area contributed by atoms with Crippen LogP contribution < -0.4 is 44.2 Å². The van der Waals surface area contributed by atoms with Crippen LogP contribution in [0.2, 0.25) is 0 Å². The van der Waals surface area contributed by atoms with E-state index in [1.165, 1.54) is 77.7 Å². The van der Waals surface area contributed by atoms with E-state index in [1.54, 1.807) is 35.1 Å². The Hall–Kier alpha value is -8.51. The maximum Gasteiger partial charge on any atom is 0.292 e. The summed E-state index contributed by atoms with van der Waals surface area (Å²) in [5.74, 6) is 5.88. The molecule has 0 atom stereocenters. The van der Waals surface area contributed by atoms with Gasteiger partial charge in [-0.3, -0.25) is 44.7 Å². The van der Waals surface area contributed by atoms with Gasteiger partial charge in [0.15, 0.2) is 46.0 Å². The lowest BCUT2D eigenvalue weighted by molar-refractivity contribution is -0.385. The Kier molecular flexibility index (Phi) is 38.0. The number of rotatable bonds is 21. The summed E-state index contributed by atoms with van der Waals surface area (Å²) in [6.07, 6.45) is 12.4. The summed E-state index contributed by atoms with van der Waals surface area (Å²) < 4.78 is 41.4. The van der Waals surface area contributed by atoms with Crippen molar-refractivity contribution >= 4 is 42.0 Å². The van der Waals surface area contributed by atoms with E-state index >= 15 is 0 Å². The van der Waals surface area contributed by atoms with Crippen LogP contribution in [0.3, 0.4) is 0 Å². The molecule has 5 saturated heterocycles. The number of nitrogen functional groups attached to an aromatic ring is 1. The molecule has 5 aliphatic rings. The van der Waals surface area contributed by atoms with Gasteiger partial charge in [-0.1, -0.05) is 0 Å². The van der Waals surface area contributed by atoms with Crippen LogP contribution in [0.25, 0.3) is 0 Å². The zero-order valence-corrected chi connectivity index (χ0v) is 54.7. The Bertz CT molecular complexity index is 2800. The first kappa shape index (κ1) is 78.7. The summed E-state index contributed by atoms with van der Waals surface area (Å²) in [4.78, 5) is 68.2. The maximum atomic E-state index is 10.7. The Morgan fingerprint density at radius 1 is 0.473 bits per heavy atom. The molecule has 0 unspecified atom stereocenters. The molecule has 93 heavy (non-hydrogen) atoms. The van der Waals surface area contributed by atoms with Crippen LogP contribution in [0.15, 0.2) is 72.8 Å². The molecule has 5 aliphatic heterocycles. The molecular formula is C64H97N9O20. The van der Waals surface area contributed by atoms with Crippen molar-refractivity contribution < 1.29 is 82.4 Å². The van der Waals surface area contributed by atoms with Gasteiger partial charge in [-0.2, -0.15) is 0 Å². The second kappa shape index (κ2) is 44.9. The molecule has 29 heteroatoms. The molecule has 4 aromatic rings. The predicted molar refractivity (Wildman–Crippen MR) is 349 cm³/mol. The van der Waals surface area contributed by atoms with Crippen molar-refractivity contribution in [3.8, 4) is 46.0 Å². The summed E-state index contributed by atoms with van der Waals surface area (Å²) >= 11 is 0. The third kappa shape index (κ3) is 30.2. The van der Waals surface area contributed by atoms with Crippen LogP contribution in [0.5, 0.6) is 46.0 Å². The number of carbonyl (C=O) groups is 3. The monoisotopic (exact) mass is 1310 g/mol. The van der Waals surface area contributed by atoms with E-state index in [4.69, 9.17) is 54.3 Å². The molecule has 518 valence electrons. The molecule has 5 heterocycles. The number of hydrogen-bond donors (Lipinski definition) is 5. The SMILES string of the molecule is COC=O.COc1cc(N)ccc1OCC1CCN(C)CC1.COc1cc([N+](=O)[O-])ccc1O.COc1cc([N+](=O)[O-])ccc1OCC1CCN(C)CC1.COc1cc([N+](=O)[O-])ccc1OCC1CCN(C=O)CC1.O=CN1CCC(CO)CC1.OCC1CCNCC1. The number of aliphatic hydroxyl groups is 2. The van der Waals surface area contributed by atoms with Crippen molar-refractivity contribution in [2.45, 2.75) is 64.2 Å². The number of phenols is 1. The number of nitrogens with two attached hydrogens (primary N) is 1. The van der Waals surface area contributed by atoms with Gasteiger partial charge in [0.05, 0.1) is 88.3 Å². The second-order valence-corrected chi connectivity index (χ2v) is 22.7. The molecule has 4 aromatic carbocycles. The van der Waals surface area contributed by atoms with E-state index in [2.05, 4.69) is 38.7 Å². The Morgan fingerprint density at radius 2 is 0.785 bits per heavy atom. The summed E-state index contributed by atoms with van der Waals surface area (Å²) in [6, 6.07) is 17.8. The van der Waals surface area contributed by atoms with Gasteiger partial charge in [0.2, 0.25) is 12.8 Å². The van der Waals surface area contributed by atoms with Crippen molar-refractivity contribution in [1.82, 2.24) is 24.9 Å². The lowest BCUT2D eigenvalue weighted by Crippen LogP contribution is -2.34. The minimum absolute atomic E-state index is 0.00786. The van der Waals surface area contributed by atoms with Crippen LogP contribution >= 0.6 is 0 Å². The fourth-order valence-electron chi connectivity index (χ4n) is 9.97. The zero-order chi connectivity index (χ0) is 68.5. The third-order valence-corrected chi connectivity index (χ3v) is 16.0. The van der Waals surface area contributed by atoms with Gasteiger partial charge in [-0.25, -0.2) is 0 Å². The van der Waals surface area contributed by atoms with E-state index in [1.807, 2.05) is 12.1 Å². The van der Waals surface area contributed by atoms with E-state index < -0.39 is 14.8 Å². The minimum Gasteiger partial charge on any atom is -0.504 e. The Morgan fingerprint density at radius 3 is 1.11 bits per heavy atom. The highest BCUT2D eigenvalue weighted by Gasteiger charge is 2.23. The molecule has 0 radical (unpaired) electrons. The predicted octanol–water partition coefficient (Wildman–Crippen LogP) is 7.10. The van der Waals surface area contributed by atoms with E-state index in [9.17, 15) is 39.9 Å². The highest BCUT2D eigenvalue weighted by atomic mass is 16.6. The summed E-state index contributed by atoms with van der Waals surface area (Å²) in [5.41, 5.74) is 6.28. The lowest BCUT2D eigenvalue weighted by Gasteiger charge is -2.29. The topological polar surface area (TPSA) is 366 Å². The number of nitrogens with one attached hydrogen (secondary N) is 1. The molecule has 29 nitrogen and oxygen atoms in total. The van der Waals surface area contributed by atoms with Gasteiger partial charge in [-0.05, 0) is 177 Å². The summed E-state index contributed by atoms with van der Waals surface area (Å²) in [6.45, 7) is 12.7. The Labute approximate surface area is 544 Å². The zero-order valence-electron chi connectivity index (χ0n) is 54.7. The summed E-state index contributed by atoms with van der Waals surface area (Å²) in [7, 11) is 11.5. The van der Waals surface area contributed by atoms with Gasteiger partial charge in [0.1, 0.15) is 0 Å². The van der Waals surface area contributed by atoms with E-state index in [-0.39, 0.29) is 35.2 Å². The fraction of sp³-hybridized carbons (Fsp3) is 0.578. The fourth-order valence-corrected chi connectivity index (χ4v) is 9.97. The van der Waals surface area contributed by atoms with Crippen LogP contribution in [-0.2, 0) is 19.1 Å². The number of aromatic hydroxyl groups is 1. The third-order valence-electron chi connectivity index (χ3n) is 16.0. The standard InChI is InChI=1S/C14H18N2O5.C14H20N2O4.C14H22N2O2.C7H7NO4.C7H13NO2.C6H13NO.C2H4O2/c1-20-14-8-12(16(18)19)2-3-13(14)21-9-11-4-6-15(10-17)7-5-11;1-15-7-5-11(6-8-15)10-20-13-4-3-12(16(17)18)9-14(13)19-2;1-16-7-5-11(6-8-16)10-18-13-4-3-12(15)9-14(13)17-2;1-12-7-4-5(8(10)11)2-3-6(7)9;9-5-7-1-3-8(6-10)4-2-7;8-5-6-1-3-7-4-2-6;1-4-2-3/h2-3,8,10-11H,4-7,9H2,1H3;3-4,9,11H,5-8,10H2,1-2H3;3-4,9,11H,5-8,10,15H2,1-2H3;2-4,9H,1H3;6-7,9H,1-5H2;6-8H,1-5H2;2H,1H3. The Balaban J connectivity index is 0.000000295. The van der Waals surface area contributed by atoms with Gasteiger partial charge in [0.25, 0.3) is 23.5 Å². The molecule has 0 bridgehead atoms. The number of non-ortho nitro benzene ring substituents is 3. The number of nitro groups is 3. The highest BCUT2D eigenvalue weighted by Crippen LogP contribution is 2.35. The number of likely N-dealkylation sites (tertiary alicyclic amines) is 4. The average Bonchev–Trinajstić information content (AvgIpc) is 3.73. The largest absolute Gasteiger partial charge is 0.504 e. The molecule has 2 amide bonds. The molecule has 0 aliphatic carbocycles. The number of nitrogens with zero attached hydrogens (tertiary/aromatic N) is 7. The molecule has 0 aromatic heterocycles. The number of carbonyl (C=O) groups excluding carboxylic acids is 3. The number of methoxy groups -OCH3 is 5. The van der Waals surface area contributed by atoms with Gasteiger partial charge in [0, 0.05) is 69.3 Å². The van der Waals surface area contributed by atoms with Crippen molar-refractivity contribution in [3.05, 3.63) is 103 Å². The number of phenolic OH excluding ortho intramolecular Hbond substituents is 1. The number of benzene rings is 4. The van der Waals surface area contributed by atoms with Crippen molar-refractivity contribution in [1.29, 1.82) is 0 Å². The normalized spacial score (nSPS) is 16.3. The van der Waals surface area contributed by atoms with Crippen molar-refractivity contribution in [3.63, 3.8) is 0 Å². The highest BCUT2D eigenvalue weighted by molar-refractivity contribution is 5.53. The van der Waals surface area contributed by atoms with E-state index in [0.29, 0.717) is 90.3 Å². The summed E-state index contributed by atoms with van der Waals surface area (Å²) in [5, 5.41) is 61.4. The van der Waals surface area contributed by atoms with Gasteiger partial charge in [-0.15, -0.1) is 0 Å². The number of nitro benzene ring substituents is 3. The average molecular weight is 1310 g/mol. The van der Waals surface area contributed by atoms with Gasteiger partial charge >= 0.3 is 0 Å². The van der Waals surface area contributed by atoms with Crippen LogP contribution in [0.1, 0.15) is 64.2 Å². The first-order valence-electron chi connectivity index (χ1n) is 30.9. The van der Waals surface area contributed by atoms with Gasteiger partial charge < -0.3 is 83.9 Å². The number of amides is 2. The lowest BCUT2D eigenvalue weighted by atomic mass is 9.98. The molecule has 5 fully saturated rings. The first-order valence-corrected chi connectivity index (χ1v) is 30.9. The number of hydrogen-bond acceptors (Lipinski definition) is 24. The van der Waals surface area contributed by atoms with Crippen LogP contribution in [0.4, 0.5) is 22.7 Å². The van der Waals surface area contributed by atoms with E-state index in [0.717, 1.165) is 148 Å². The minimum atomic E-state index is -0.554. The quantitative estimate of drug-likeness (QED) is 0.0240. The second-order valence-electron chi connectivity index (χ2n) is 22.7. The van der Waals surface area contributed by atoms with Crippen molar-refractivity contribution in [2.75, 3.05) is 154 Å². The first-order chi connectivity index (χ1) is 44.8. The smallest absolute Gasteiger partial charge is 0.292 e. The molecule has 0 spiro atoms. The number of anilines is 1. The molecule has 0 saturated carbocycles.